The summed E-state index contributed by atoms with van der Waals surface area (Å²) in [7, 11) is 0. The monoisotopic (exact) mass is 274 g/mol. The van der Waals surface area contributed by atoms with Crippen LogP contribution in [0, 0.1) is 5.92 Å². The van der Waals surface area contributed by atoms with Gasteiger partial charge in [-0.15, -0.1) is 0 Å². The molecule has 2 rings (SSSR count). The molecule has 20 heavy (non-hydrogen) atoms. The molecule has 0 aliphatic carbocycles. The van der Waals surface area contributed by atoms with E-state index < -0.39 is 0 Å². The van der Waals surface area contributed by atoms with Gasteiger partial charge in [0.2, 0.25) is 11.9 Å². The molecule has 1 heterocycles. The van der Waals surface area contributed by atoms with E-state index in [0.29, 0.717) is 12.5 Å². The predicted octanol–water partition coefficient (Wildman–Crippen LogP) is 2.24. The highest BCUT2D eigenvalue weighted by molar-refractivity contribution is 5.83. The lowest BCUT2D eigenvalue weighted by atomic mass is 10.2. The molecule has 0 bridgehead atoms. The van der Waals surface area contributed by atoms with E-state index in [2.05, 4.69) is 29.5 Å². The first kappa shape index (κ1) is 14.4. The standard InChI is InChI=1S/C15H22N4O/c1-4-16-15-18-12-7-5-6-8-13(12)19(15)10-14(20)17-9-11(2)3/h5-8,11H,4,9-10H2,1-3H3,(H,16,18)(H,17,20). The highest BCUT2D eigenvalue weighted by Crippen LogP contribution is 2.19. The fourth-order valence-corrected chi connectivity index (χ4v) is 2.05. The number of hydrogen-bond donors (Lipinski definition) is 2. The van der Waals surface area contributed by atoms with Crippen molar-refractivity contribution in [2.75, 3.05) is 18.4 Å². The molecular formula is C15H22N4O. The number of hydrogen-bond acceptors (Lipinski definition) is 3. The van der Waals surface area contributed by atoms with Gasteiger partial charge in [0, 0.05) is 13.1 Å². The molecule has 108 valence electrons. The lowest BCUT2D eigenvalue weighted by molar-refractivity contribution is -0.121. The topological polar surface area (TPSA) is 59.0 Å². The zero-order valence-corrected chi connectivity index (χ0v) is 12.3. The summed E-state index contributed by atoms with van der Waals surface area (Å²) in [5.74, 6) is 1.21. The number of rotatable bonds is 6. The zero-order valence-electron chi connectivity index (χ0n) is 12.3. The summed E-state index contributed by atoms with van der Waals surface area (Å²) in [6.07, 6.45) is 0. The van der Waals surface area contributed by atoms with Crippen molar-refractivity contribution < 1.29 is 4.79 Å². The molecule has 0 unspecified atom stereocenters. The highest BCUT2D eigenvalue weighted by Gasteiger charge is 2.12. The van der Waals surface area contributed by atoms with Gasteiger partial charge >= 0.3 is 0 Å². The van der Waals surface area contributed by atoms with Crippen LogP contribution in [0.4, 0.5) is 5.95 Å². The molecule has 0 saturated heterocycles. The van der Waals surface area contributed by atoms with Gasteiger partial charge in [-0.25, -0.2) is 4.98 Å². The van der Waals surface area contributed by atoms with Crippen LogP contribution in [-0.4, -0.2) is 28.5 Å². The number of anilines is 1. The first-order valence-corrected chi connectivity index (χ1v) is 7.07. The van der Waals surface area contributed by atoms with Gasteiger partial charge in [-0.2, -0.15) is 0 Å². The second-order valence-corrected chi connectivity index (χ2v) is 5.24. The Morgan fingerprint density at radius 2 is 2.10 bits per heavy atom. The van der Waals surface area contributed by atoms with Gasteiger partial charge in [-0.05, 0) is 25.0 Å². The third-order valence-electron chi connectivity index (χ3n) is 3.00. The van der Waals surface area contributed by atoms with E-state index in [-0.39, 0.29) is 12.5 Å². The molecule has 2 aromatic rings. The van der Waals surface area contributed by atoms with Crippen molar-refractivity contribution in [3.8, 4) is 0 Å². The van der Waals surface area contributed by atoms with Gasteiger partial charge in [0.25, 0.3) is 0 Å². The van der Waals surface area contributed by atoms with Crippen LogP contribution in [0.5, 0.6) is 0 Å². The van der Waals surface area contributed by atoms with E-state index in [9.17, 15) is 4.79 Å². The Labute approximate surface area is 119 Å². The van der Waals surface area contributed by atoms with Crippen LogP contribution >= 0.6 is 0 Å². The Morgan fingerprint density at radius 3 is 2.80 bits per heavy atom. The average Bonchev–Trinajstić information content (AvgIpc) is 2.75. The number of carbonyl (C=O) groups is 1. The number of aromatic nitrogens is 2. The number of para-hydroxylation sites is 2. The van der Waals surface area contributed by atoms with Crippen molar-refractivity contribution in [1.82, 2.24) is 14.9 Å². The molecule has 0 atom stereocenters. The zero-order chi connectivity index (χ0) is 14.5. The maximum Gasteiger partial charge on any atom is 0.240 e. The average molecular weight is 274 g/mol. The predicted molar refractivity (Wildman–Crippen MR) is 81.7 cm³/mol. The summed E-state index contributed by atoms with van der Waals surface area (Å²) in [5, 5.41) is 6.15. The molecule has 5 heteroatoms. The van der Waals surface area contributed by atoms with E-state index in [1.807, 2.05) is 35.8 Å². The number of nitrogens with zero attached hydrogens (tertiary/aromatic N) is 2. The van der Waals surface area contributed by atoms with E-state index >= 15 is 0 Å². The van der Waals surface area contributed by atoms with Gasteiger partial charge in [0.05, 0.1) is 11.0 Å². The number of amides is 1. The molecule has 5 nitrogen and oxygen atoms in total. The van der Waals surface area contributed by atoms with Crippen molar-refractivity contribution >= 4 is 22.9 Å². The summed E-state index contributed by atoms with van der Waals surface area (Å²) in [4.78, 5) is 16.6. The van der Waals surface area contributed by atoms with Gasteiger partial charge in [-0.3, -0.25) is 4.79 Å². The Morgan fingerprint density at radius 1 is 1.35 bits per heavy atom. The third-order valence-corrected chi connectivity index (χ3v) is 3.00. The summed E-state index contributed by atoms with van der Waals surface area (Å²) < 4.78 is 1.93. The maximum atomic E-state index is 12.0. The molecule has 1 amide bonds. The minimum atomic E-state index is 0.0148. The van der Waals surface area contributed by atoms with Crippen molar-refractivity contribution in [3.63, 3.8) is 0 Å². The minimum Gasteiger partial charge on any atom is -0.356 e. The van der Waals surface area contributed by atoms with Gasteiger partial charge in [-0.1, -0.05) is 26.0 Å². The second-order valence-electron chi connectivity index (χ2n) is 5.24. The van der Waals surface area contributed by atoms with Crippen LogP contribution in [0.2, 0.25) is 0 Å². The largest absolute Gasteiger partial charge is 0.356 e. The molecule has 1 aromatic heterocycles. The molecule has 0 spiro atoms. The second kappa shape index (κ2) is 6.41. The third kappa shape index (κ3) is 3.29. The van der Waals surface area contributed by atoms with Gasteiger partial charge in [0.1, 0.15) is 6.54 Å². The normalized spacial score (nSPS) is 11.0. The van der Waals surface area contributed by atoms with Crippen LogP contribution < -0.4 is 10.6 Å². The van der Waals surface area contributed by atoms with Gasteiger partial charge < -0.3 is 15.2 Å². The molecule has 2 N–H and O–H groups in total. The van der Waals surface area contributed by atoms with Crippen LogP contribution in [0.1, 0.15) is 20.8 Å². The first-order chi connectivity index (χ1) is 9.61. The number of carbonyl (C=O) groups excluding carboxylic acids is 1. The van der Waals surface area contributed by atoms with E-state index in [1.54, 1.807) is 0 Å². The molecule has 0 saturated carbocycles. The quantitative estimate of drug-likeness (QED) is 0.849. The highest BCUT2D eigenvalue weighted by atomic mass is 16.1. The van der Waals surface area contributed by atoms with Crippen molar-refractivity contribution in [1.29, 1.82) is 0 Å². The van der Waals surface area contributed by atoms with E-state index in [4.69, 9.17) is 0 Å². The van der Waals surface area contributed by atoms with Gasteiger partial charge in [0.15, 0.2) is 0 Å². The van der Waals surface area contributed by atoms with E-state index in [0.717, 1.165) is 23.5 Å². The van der Waals surface area contributed by atoms with Crippen LogP contribution in [0.15, 0.2) is 24.3 Å². The maximum absolute atomic E-state index is 12.0. The molecule has 0 fully saturated rings. The van der Waals surface area contributed by atoms with Crippen LogP contribution in [-0.2, 0) is 11.3 Å². The number of nitrogens with one attached hydrogen (secondary N) is 2. The minimum absolute atomic E-state index is 0.0148. The summed E-state index contributed by atoms with van der Waals surface area (Å²) >= 11 is 0. The van der Waals surface area contributed by atoms with Crippen molar-refractivity contribution in [2.24, 2.45) is 5.92 Å². The fourth-order valence-electron chi connectivity index (χ4n) is 2.05. The smallest absolute Gasteiger partial charge is 0.240 e. The van der Waals surface area contributed by atoms with Crippen molar-refractivity contribution in [3.05, 3.63) is 24.3 Å². The summed E-state index contributed by atoms with van der Waals surface area (Å²) in [6.45, 7) is 7.94. The Hall–Kier alpha value is -2.04. The summed E-state index contributed by atoms with van der Waals surface area (Å²) in [6, 6.07) is 7.86. The lowest BCUT2D eigenvalue weighted by Crippen LogP contribution is -2.31. The molecular weight excluding hydrogens is 252 g/mol. The van der Waals surface area contributed by atoms with Crippen LogP contribution in [0.25, 0.3) is 11.0 Å². The molecule has 0 aliphatic heterocycles. The lowest BCUT2D eigenvalue weighted by Gasteiger charge is -2.11. The van der Waals surface area contributed by atoms with Crippen LogP contribution in [0.3, 0.4) is 0 Å². The number of imidazole rings is 1. The fraction of sp³-hybridized carbons (Fsp3) is 0.467. The van der Waals surface area contributed by atoms with Crippen molar-refractivity contribution in [2.45, 2.75) is 27.3 Å². The Kier molecular flexibility index (Phi) is 4.61. The molecule has 1 aromatic carbocycles. The number of fused-ring (bicyclic) bond motifs is 1. The Balaban J connectivity index is 2.22. The first-order valence-electron chi connectivity index (χ1n) is 7.07. The van der Waals surface area contributed by atoms with E-state index in [1.165, 1.54) is 0 Å². The molecule has 0 aliphatic rings. The number of benzene rings is 1. The summed E-state index contributed by atoms with van der Waals surface area (Å²) in [5.41, 5.74) is 1.88. The molecule has 0 radical (unpaired) electrons. The Bertz CT molecular complexity index is 589. The SMILES string of the molecule is CCNc1nc2ccccc2n1CC(=O)NCC(C)C.